The zero-order valence-corrected chi connectivity index (χ0v) is 20.4. The van der Waals surface area contributed by atoms with Crippen LogP contribution in [0.2, 0.25) is 0 Å². The van der Waals surface area contributed by atoms with Crippen LogP contribution in [0.4, 0.5) is 10.0 Å². The Balaban J connectivity index is 1.16. The monoisotopic (exact) mass is 486 g/mol. The Morgan fingerprint density at radius 2 is 1.15 bits per heavy atom. The highest BCUT2D eigenvalue weighted by molar-refractivity contribution is 7.23. The summed E-state index contributed by atoms with van der Waals surface area (Å²) in [7, 11) is 0. The molecule has 4 bridgehead atoms. The van der Waals surface area contributed by atoms with Crippen LogP contribution in [-0.4, -0.2) is 11.8 Å². The normalized spacial score (nSPS) is 29.5. The highest BCUT2D eigenvalue weighted by atomic mass is 32.1. The van der Waals surface area contributed by atoms with Crippen molar-refractivity contribution in [3.05, 3.63) is 60.7 Å². The maximum atomic E-state index is 13.7. The number of hydrogen-bond donors (Lipinski definition) is 2. The summed E-state index contributed by atoms with van der Waals surface area (Å²) in [5.41, 5.74) is -0.866. The molecule has 2 amide bonds. The van der Waals surface area contributed by atoms with Crippen molar-refractivity contribution in [2.75, 3.05) is 10.6 Å². The lowest BCUT2D eigenvalue weighted by Crippen LogP contribution is -2.59. The molecule has 2 N–H and O–H groups in total. The highest BCUT2D eigenvalue weighted by Gasteiger charge is 2.63. The molecule has 2 aromatic carbocycles. The minimum atomic E-state index is -0.433. The summed E-state index contributed by atoms with van der Waals surface area (Å²) in [5, 5.41) is 10.7. The third-order valence-corrected chi connectivity index (χ3v) is 10.4. The second-order valence-electron chi connectivity index (χ2n) is 10.7. The number of amides is 2. The first-order chi connectivity index (χ1) is 16.5. The van der Waals surface area contributed by atoms with Crippen LogP contribution in [0.3, 0.4) is 0 Å². The topological polar surface area (TPSA) is 58.2 Å². The highest BCUT2D eigenvalue weighted by Crippen LogP contribution is 2.66. The Kier molecular flexibility index (Phi) is 4.49. The molecule has 4 aliphatic rings. The van der Waals surface area contributed by atoms with Crippen molar-refractivity contribution < 1.29 is 9.59 Å². The zero-order chi connectivity index (χ0) is 22.9. The van der Waals surface area contributed by atoms with Crippen LogP contribution in [0.5, 0.6) is 0 Å². The third kappa shape index (κ3) is 3.23. The van der Waals surface area contributed by atoms with Crippen LogP contribution in [0.15, 0.2) is 60.7 Å². The van der Waals surface area contributed by atoms with E-state index in [0.717, 1.165) is 52.9 Å². The fraction of sp³-hybridized carbons (Fsp3) is 0.357. The van der Waals surface area contributed by atoms with Gasteiger partial charge in [0, 0.05) is 9.40 Å². The van der Waals surface area contributed by atoms with Gasteiger partial charge in [0.25, 0.3) is 0 Å². The van der Waals surface area contributed by atoms with Gasteiger partial charge in [-0.05, 0) is 85.4 Å². The van der Waals surface area contributed by atoms with Crippen molar-refractivity contribution in [1.82, 2.24) is 0 Å². The molecule has 0 radical (unpaired) electrons. The lowest BCUT2D eigenvalue weighted by atomic mass is 9.43. The van der Waals surface area contributed by atoms with E-state index in [-0.39, 0.29) is 11.8 Å². The fourth-order valence-electron chi connectivity index (χ4n) is 7.37. The lowest BCUT2D eigenvalue weighted by molar-refractivity contribution is -0.161. The molecule has 34 heavy (non-hydrogen) atoms. The van der Waals surface area contributed by atoms with Gasteiger partial charge in [0.15, 0.2) is 0 Å². The van der Waals surface area contributed by atoms with Crippen LogP contribution in [0.25, 0.3) is 20.2 Å². The summed E-state index contributed by atoms with van der Waals surface area (Å²) in [6.45, 7) is 0. The van der Waals surface area contributed by atoms with Crippen molar-refractivity contribution >= 4 is 64.7 Å². The Morgan fingerprint density at radius 3 is 1.59 bits per heavy atom. The zero-order valence-electron chi connectivity index (χ0n) is 18.8. The molecule has 0 atom stereocenters. The first-order valence-electron chi connectivity index (χ1n) is 12.1. The number of rotatable bonds is 4. The van der Waals surface area contributed by atoms with E-state index in [1.807, 2.05) is 24.3 Å². The Bertz CT molecular complexity index is 1260. The molecule has 0 unspecified atom stereocenters. The van der Waals surface area contributed by atoms with Gasteiger partial charge in [-0.1, -0.05) is 36.4 Å². The van der Waals surface area contributed by atoms with Crippen LogP contribution in [-0.2, 0) is 9.59 Å². The van der Waals surface area contributed by atoms with E-state index >= 15 is 0 Å². The molecular weight excluding hydrogens is 460 g/mol. The van der Waals surface area contributed by atoms with Gasteiger partial charge in [-0.25, -0.2) is 0 Å². The van der Waals surface area contributed by atoms with Crippen LogP contribution in [0.1, 0.15) is 38.5 Å². The summed E-state index contributed by atoms with van der Waals surface area (Å²) in [5.74, 6) is 1.16. The minimum Gasteiger partial charge on any atom is -0.317 e. The number of carbonyl (C=O) groups is 2. The molecule has 2 aromatic heterocycles. The van der Waals surface area contributed by atoms with Gasteiger partial charge >= 0.3 is 0 Å². The molecule has 0 aliphatic heterocycles. The molecule has 4 saturated carbocycles. The Hall–Kier alpha value is -2.70. The van der Waals surface area contributed by atoms with Crippen molar-refractivity contribution in [2.24, 2.45) is 22.7 Å². The molecule has 4 aliphatic carbocycles. The van der Waals surface area contributed by atoms with Crippen molar-refractivity contribution in [2.45, 2.75) is 38.5 Å². The second-order valence-corrected chi connectivity index (χ2v) is 12.9. The van der Waals surface area contributed by atoms with E-state index in [0.29, 0.717) is 18.3 Å². The molecule has 2 heterocycles. The summed E-state index contributed by atoms with van der Waals surface area (Å²) < 4.78 is 2.37. The average molecular weight is 487 g/mol. The van der Waals surface area contributed by atoms with Gasteiger partial charge in [-0.3, -0.25) is 9.59 Å². The van der Waals surface area contributed by atoms with Gasteiger partial charge in [0.1, 0.15) is 0 Å². The number of thiophene rings is 2. The van der Waals surface area contributed by atoms with Gasteiger partial charge in [-0.15, -0.1) is 22.7 Å². The predicted molar refractivity (Wildman–Crippen MR) is 140 cm³/mol. The molecule has 0 spiro atoms. The van der Waals surface area contributed by atoms with E-state index in [9.17, 15) is 9.59 Å². The van der Waals surface area contributed by atoms with E-state index in [1.54, 1.807) is 22.7 Å². The molecule has 4 aromatic rings. The van der Waals surface area contributed by atoms with Crippen LogP contribution < -0.4 is 10.6 Å². The predicted octanol–water partition coefficient (Wildman–Crippen LogP) is 7.28. The molecule has 4 fully saturated rings. The largest absolute Gasteiger partial charge is 0.317 e. The number of hydrogen-bond acceptors (Lipinski definition) is 4. The quantitative estimate of drug-likeness (QED) is 0.318. The molecule has 172 valence electrons. The van der Waals surface area contributed by atoms with Crippen molar-refractivity contribution in [1.29, 1.82) is 0 Å². The number of anilines is 2. The average Bonchev–Trinajstić information content (AvgIpc) is 3.40. The maximum absolute atomic E-state index is 13.7. The van der Waals surface area contributed by atoms with E-state index in [1.165, 1.54) is 9.40 Å². The third-order valence-electron chi connectivity index (χ3n) is 8.35. The number of nitrogens with one attached hydrogen (secondary N) is 2. The second kappa shape index (κ2) is 7.40. The van der Waals surface area contributed by atoms with E-state index in [2.05, 4.69) is 47.0 Å². The first kappa shape index (κ1) is 20.7. The SMILES string of the molecule is O=C(Nc1cc2ccccc2s1)C12CC3CC(C1)CC(C(=O)Nc1cc4ccccc4s1)(C3)C2. The van der Waals surface area contributed by atoms with Gasteiger partial charge in [0.05, 0.1) is 20.8 Å². The number of carbonyl (C=O) groups excluding carboxylic acids is 2. The summed E-state index contributed by atoms with van der Waals surface area (Å²) in [4.78, 5) is 27.5. The van der Waals surface area contributed by atoms with Crippen molar-refractivity contribution in [3.63, 3.8) is 0 Å². The van der Waals surface area contributed by atoms with Crippen molar-refractivity contribution in [3.8, 4) is 0 Å². The Morgan fingerprint density at radius 1 is 0.706 bits per heavy atom. The molecular formula is C28H26N2O2S2. The summed E-state index contributed by atoms with van der Waals surface area (Å²) in [6, 6.07) is 20.6. The van der Waals surface area contributed by atoms with Gasteiger partial charge in [0.2, 0.25) is 11.8 Å². The molecule has 8 rings (SSSR count). The Labute approximate surface area is 206 Å². The number of benzene rings is 2. The van der Waals surface area contributed by atoms with E-state index in [4.69, 9.17) is 0 Å². The fourth-order valence-corrected chi connectivity index (χ4v) is 9.29. The molecule has 6 heteroatoms. The summed E-state index contributed by atoms with van der Waals surface area (Å²) >= 11 is 3.26. The smallest absolute Gasteiger partial charge is 0.231 e. The van der Waals surface area contributed by atoms with Crippen LogP contribution >= 0.6 is 22.7 Å². The van der Waals surface area contributed by atoms with E-state index < -0.39 is 10.8 Å². The standard InChI is InChI=1S/C28H26N2O2S2/c31-25(29-23-10-19-5-1-3-7-21(19)33-23)27-12-17-9-18(13-27)15-28(14-17,16-27)26(32)30-24-11-20-6-2-4-8-22(20)34-24/h1-8,10-11,17-18H,9,12-16H2,(H,29,31)(H,30,32). The van der Waals surface area contributed by atoms with Gasteiger partial charge < -0.3 is 10.6 Å². The molecule has 4 nitrogen and oxygen atoms in total. The van der Waals surface area contributed by atoms with Crippen LogP contribution in [0, 0.1) is 22.7 Å². The maximum Gasteiger partial charge on any atom is 0.231 e. The van der Waals surface area contributed by atoms with Gasteiger partial charge in [-0.2, -0.15) is 0 Å². The molecule has 0 saturated heterocycles. The number of fused-ring (bicyclic) bond motifs is 2. The lowest BCUT2D eigenvalue weighted by Gasteiger charge is -2.60. The first-order valence-corrected chi connectivity index (χ1v) is 13.7. The summed E-state index contributed by atoms with van der Waals surface area (Å²) in [6.07, 6.45) is 5.49. The minimum absolute atomic E-state index is 0.118.